The first-order valence-electron chi connectivity index (χ1n) is 5.98. The van der Waals surface area contributed by atoms with Gasteiger partial charge in [-0.2, -0.15) is 5.26 Å². The first-order valence-corrected chi connectivity index (χ1v) is 6.35. The van der Waals surface area contributed by atoms with E-state index in [2.05, 4.69) is 10.6 Å². The summed E-state index contributed by atoms with van der Waals surface area (Å²) in [5.74, 6) is -1.10. The molecule has 0 unspecified atom stereocenters. The van der Waals surface area contributed by atoms with Crippen LogP contribution in [0.3, 0.4) is 0 Å². The number of benzene rings is 1. The van der Waals surface area contributed by atoms with E-state index >= 15 is 0 Å². The predicted molar refractivity (Wildman–Crippen MR) is 74.7 cm³/mol. The summed E-state index contributed by atoms with van der Waals surface area (Å²) in [7, 11) is 0. The summed E-state index contributed by atoms with van der Waals surface area (Å²) in [6.07, 6.45) is 0.946. The highest BCUT2D eigenvalue weighted by Gasteiger charge is 2.19. The molecule has 0 saturated carbocycles. The number of nitriles is 1. The number of hydrogen-bond donors (Lipinski definition) is 3. The Hall–Kier alpha value is -2.26. The molecule has 2 amide bonds. The highest BCUT2D eigenvalue weighted by molar-refractivity contribution is 6.31. The van der Waals surface area contributed by atoms with Gasteiger partial charge < -0.3 is 15.7 Å². The SMILES string of the molecule is CCC[C@H](NC(=O)Nc1cc(Cl)ccc1C#N)C(=O)O. The van der Waals surface area contributed by atoms with Crippen molar-refractivity contribution in [1.82, 2.24) is 5.32 Å². The molecule has 6 nitrogen and oxygen atoms in total. The number of hydrogen-bond acceptors (Lipinski definition) is 3. The normalized spacial score (nSPS) is 11.2. The zero-order valence-corrected chi connectivity index (χ0v) is 11.6. The van der Waals surface area contributed by atoms with Crippen LogP contribution in [0.15, 0.2) is 18.2 Å². The van der Waals surface area contributed by atoms with Gasteiger partial charge in [0.15, 0.2) is 0 Å². The van der Waals surface area contributed by atoms with Crippen LogP contribution in [0.2, 0.25) is 5.02 Å². The summed E-state index contributed by atoms with van der Waals surface area (Å²) in [5.41, 5.74) is 0.477. The lowest BCUT2D eigenvalue weighted by atomic mass is 10.1. The molecule has 0 fully saturated rings. The van der Waals surface area contributed by atoms with Gasteiger partial charge in [-0.05, 0) is 24.6 Å². The molecular formula is C13H14ClN3O3. The Kier molecular flexibility index (Phi) is 5.81. The fourth-order valence-corrected chi connectivity index (χ4v) is 1.75. The van der Waals surface area contributed by atoms with Crippen molar-refractivity contribution in [2.24, 2.45) is 0 Å². The van der Waals surface area contributed by atoms with E-state index in [0.29, 0.717) is 17.9 Å². The third kappa shape index (κ3) is 4.44. The van der Waals surface area contributed by atoms with E-state index in [0.717, 1.165) is 0 Å². The number of carbonyl (C=O) groups is 2. The highest BCUT2D eigenvalue weighted by atomic mass is 35.5. The van der Waals surface area contributed by atoms with Crippen molar-refractivity contribution in [3.05, 3.63) is 28.8 Å². The molecule has 0 spiro atoms. The van der Waals surface area contributed by atoms with Crippen LogP contribution in [0.25, 0.3) is 0 Å². The lowest BCUT2D eigenvalue weighted by Crippen LogP contribution is -2.43. The molecule has 1 rings (SSSR count). The van der Waals surface area contributed by atoms with Crippen LogP contribution < -0.4 is 10.6 Å². The second kappa shape index (κ2) is 7.36. The van der Waals surface area contributed by atoms with Gasteiger partial charge in [-0.15, -0.1) is 0 Å². The number of aliphatic carboxylic acids is 1. The molecule has 0 bridgehead atoms. The van der Waals surface area contributed by atoms with Gasteiger partial charge in [0.05, 0.1) is 11.3 Å². The summed E-state index contributed by atoms with van der Waals surface area (Å²) in [4.78, 5) is 22.7. The smallest absolute Gasteiger partial charge is 0.326 e. The Balaban J connectivity index is 2.78. The average Bonchev–Trinajstić information content (AvgIpc) is 2.38. The molecule has 0 saturated heterocycles. The van der Waals surface area contributed by atoms with Gasteiger partial charge in [-0.1, -0.05) is 24.9 Å². The van der Waals surface area contributed by atoms with Crippen LogP contribution in [-0.2, 0) is 4.79 Å². The Morgan fingerprint density at radius 3 is 2.75 bits per heavy atom. The zero-order chi connectivity index (χ0) is 15.1. The molecule has 0 heterocycles. The minimum Gasteiger partial charge on any atom is -0.480 e. The number of carboxylic acid groups (broad SMARTS) is 1. The van der Waals surface area contributed by atoms with Crippen molar-refractivity contribution in [3.63, 3.8) is 0 Å². The lowest BCUT2D eigenvalue weighted by Gasteiger charge is -2.14. The molecule has 1 aromatic carbocycles. The number of nitrogens with one attached hydrogen (secondary N) is 2. The predicted octanol–water partition coefficient (Wildman–Crippen LogP) is 2.59. The monoisotopic (exact) mass is 295 g/mol. The molecule has 0 aromatic heterocycles. The Morgan fingerprint density at radius 1 is 1.50 bits per heavy atom. The van der Waals surface area contributed by atoms with Gasteiger partial charge in [-0.3, -0.25) is 0 Å². The van der Waals surface area contributed by atoms with Gasteiger partial charge in [-0.25, -0.2) is 9.59 Å². The van der Waals surface area contributed by atoms with E-state index in [9.17, 15) is 9.59 Å². The van der Waals surface area contributed by atoms with Gasteiger partial charge in [0, 0.05) is 5.02 Å². The first kappa shape index (κ1) is 15.8. The standard InChI is InChI=1S/C13H14ClN3O3/c1-2-3-10(12(18)19)16-13(20)17-11-6-9(14)5-4-8(11)7-15/h4-6,10H,2-3H2,1H3,(H,18,19)(H2,16,17,20)/t10-/m0/s1. The largest absolute Gasteiger partial charge is 0.480 e. The van der Waals surface area contributed by atoms with Crippen LogP contribution in [0.4, 0.5) is 10.5 Å². The van der Waals surface area contributed by atoms with Crippen LogP contribution in [0.1, 0.15) is 25.3 Å². The molecule has 0 aliphatic carbocycles. The zero-order valence-electron chi connectivity index (χ0n) is 10.8. The number of urea groups is 1. The summed E-state index contributed by atoms with van der Waals surface area (Å²) in [6, 6.07) is 4.68. The van der Waals surface area contributed by atoms with E-state index in [4.69, 9.17) is 22.0 Å². The molecule has 0 aliphatic heterocycles. The number of carboxylic acids is 1. The van der Waals surface area contributed by atoms with E-state index in [1.165, 1.54) is 18.2 Å². The van der Waals surface area contributed by atoms with Crippen molar-refractivity contribution in [3.8, 4) is 6.07 Å². The summed E-state index contributed by atoms with van der Waals surface area (Å²) < 4.78 is 0. The van der Waals surface area contributed by atoms with Crippen molar-refractivity contribution < 1.29 is 14.7 Å². The molecule has 106 valence electrons. The number of rotatable bonds is 5. The summed E-state index contributed by atoms with van der Waals surface area (Å²) >= 11 is 5.79. The molecular weight excluding hydrogens is 282 g/mol. The third-order valence-electron chi connectivity index (χ3n) is 2.53. The van der Waals surface area contributed by atoms with Crippen molar-refractivity contribution in [1.29, 1.82) is 5.26 Å². The van der Waals surface area contributed by atoms with Crippen LogP contribution in [-0.4, -0.2) is 23.1 Å². The summed E-state index contributed by atoms with van der Waals surface area (Å²) in [6.45, 7) is 1.82. The Morgan fingerprint density at radius 2 is 2.20 bits per heavy atom. The van der Waals surface area contributed by atoms with Crippen molar-refractivity contribution >= 4 is 29.3 Å². The number of amides is 2. The number of anilines is 1. The molecule has 0 radical (unpaired) electrons. The molecule has 0 aliphatic rings. The third-order valence-corrected chi connectivity index (χ3v) is 2.77. The lowest BCUT2D eigenvalue weighted by molar-refractivity contribution is -0.139. The van der Waals surface area contributed by atoms with Gasteiger partial charge in [0.25, 0.3) is 0 Å². The van der Waals surface area contributed by atoms with E-state index in [-0.39, 0.29) is 11.3 Å². The van der Waals surface area contributed by atoms with Crippen molar-refractivity contribution in [2.75, 3.05) is 5.32 Å². The van der Waals surface area contributed by atoms with Gasteiger partial charge in [0.2, 0.25) is 0 Å². The van der Waals surface area contributed by atoms with Crippen LogP contribution >= 0.6 is 11.6 Å². The first-order chi connectivity index (χ1) is 9.47. The molecule has 20 heavy (non-hydrogen) atoms. The highest BCUT2D eigenvalue weighted by Crippen LogP contribution is 2.20. The Bertz CT molecular complexity index is 554. The Labute approximate surface area is 121 Å². The van der Waals surface area contributed by atoms with Gasteiger partial charge in [0.1, 0.15) is 12.1 Å². The second-order valence-electron chi connectivity index (χ2n) is 4.08. The number of nitrogens with zero attached hydrogens (tertiary/aromatic N) is 1. The van der Waals surface area contributed by atoms with Crippen LogP contribution in [0, 0.1) is 11.3 Å². The number of carbonyl (C=O) groups excluding carboxylic acids is 1. The number of halogens is 1. The average molecular weight is 296 g/mol. The molecule has 7 heteroatoms. The summed E-state index contributed by atoms with van der Waals surface area (Å²) in [5, 5.41) is 23.0. The van der Waals surface area contributed by atoms with E-state index in [1.54, 1.807) is 0 Å². The molecule has 1 aromatic rings. The molecule has 3 N–H and O–H groups in total. The fraction of sp³-hybridized carbons (Fsp3) is 0.308. The maximum atomic E-state index is 11.7. The molecule has 1 atom stereocenters. The fourth-order valence-electron chi connectivity index (χ4n) is 1.58. The van der Waals surface area contributed by atoms with Gasteiger partial charge >= 0.3 is 12.0 Å². The maximum absolute atomic E-state index is 11.7. The topological polar surface area (TPSA) is 102 Å². The minimum absolute atomic E-state index is 0.234. The minimum atomic E-state index is -1.10. The van der Waals surface area contributed by atoms with Crippen molar-refractivity contribution in [2.45, 2.75) is 25.8 Å². The second-order valence-corrected chi connectivity index (χ2v) is 4.52. The quantitative estimate of drug-likeness (QED) is 0.777. The van der Waals surface area contributed by atoms with Crippen LogP contribution in [0.5, 0.6) is 0 Å². The van der Waals surface area contributed by atoms with E-state index < -0.39 is 18.0 Å². The maximum Gasteiger partial charge on any atom is 0.326 e. The van der Waals surface area contributed by atoms with E-state index in [1.807, 2.05) is 13.0 Å².